The molecule has 0 spiro atoms. The molecule has 0 unspecified atom stereocenters. The van der Waals surface area contributed by atoms with Gasteiger partial charge in [0.05, 0.1) is 11.4 Å². The van der Waals surface area contributed by atoms with Gasteiger partial charge in [0.15, 0.2) is 5.96 Å². The Bertz CT molecular complexity index is 723. The van der Waals surface area contributed by atoms with Crippen LogP contribution in [0.4, 0.5) is 0 Å². The van der Waals surface area contributed by atoms with Crippen LogP contribution in [0.1, 0.15) is 19.5 Å². The molecule has 3 heterocycles. The molecule has 0 radical (unpaired) electrons. The average molecular weight is 489 g/mol. The summed E-state index contributed by atoms with van der Waals surface area (Å²) in [5, 5.41) is 5.32. The third-order valence-corrected chi connectivity index (χ3v) is 4.89. The van der Waals surface area contributed by atoms with Gasteiger partial charge in [-0.05, 0) is 18.4 Å². The first-order valence-corrected chi connectivity index (χ1v) is 9.32. The molecule has 1 saturated heterocycles. The largest absolute Gasteiger partial charge is 0.443 e. The van der Waals surface area contributed by atoms with Gasteiger partial charge in [0.25, 0.3) is 0 Å². The molecule has 2 aromatic heterocycles. The molecular formula is C17H24IN5O2S. The second kappa shape index (κ2) is 9.91. The Morgan fingerprint density at radius 3 is 2.69 bits per heavy atom. The predicted octanol–water partition coefficient (Wildman–Crippen LogP) is 2.65. The van der Waals surface area contributed by atoms with Crippen LogP contribution in [0.25, 0.3) is 10.8 Å². The molecule has 0 aliphatic carbocycles. The Morgan fingerprint density at radius 1 is 1.35 bits per heavy atom. The van der Waals surface area contributed by atoms with Gasteiger partial charge in [-0.15, -0.1) is 35.3 Å². The normalized spacial score (nSPS) is 14.9. The number of rotatable bonds is 4. The number of guanidine groups is 1. The minimum atomic E-state index is 0. The molecule has 7 nitrogen and oxygen atoms in total. The third-order valence-electron chi connectivity index (χ3n) is 4.03. The predicted molar refractivity (Wildman–Crippen MR) is 114 cm³/mol. The molecule has 0 bridgehead atoms. The minimum Gasteiger partial charge on any atom is -0.443 e. The molecular weight excluding hydrogens is 465 g/mol. The lowest BCUT2D eigenvalue weighted by atomic mass is 10.3. The molecule has 9 heteroatoms. The van der Waals surface area contributed by atoms with Crippen LogP contribution in [-0.2, 0) is 11.3 Å². The first-order valence-electron chi connectivity index (χ1n) is 8.44. The lowest BCUT2D eigenvalue weighted by Gasteiger charge is -2.36. The second-order valence-electron chi connectivity index (χ2n) is 5.78. The van der Waals surface area contributed by atoms with E-state index < -0.39 is 0 Å². The first kappa shape index (κ1) is 20.7. The van der Waals surface area contributed by atoms with Gasteiger partial charge in [-0.1, -0.05) is 6.07 Å². The maximum Gasteiger partial charge on any atom is 0.236 e. The quantitative estimate of drug-likeness (QED) is 0.406. The SMILES string of the molecule is CCNC(=NCc1coc(-c2cccs2)n1)N1CCN(C(C)=O)CC1.I. The van der Waals surface area contributed by atoms with Crippen LogP contribution in [0.2, 0.25) is 0 Å². The number of piperazine rings is 1. The maximum absolute atomic E-state index is 11.5. The van der Waals surface area contributed by atoms with Crippen molar-refractivity contribution in [3.05, 3.63) is 29.5 Å². The highest BCUT2D eigenvalue weighted by molar-refractivity contribution is 14.0. The number of hydrogen-bond acceptors (Lipinski definition) is 5. The van der Waals surface area contributed by atoms with Crippen molar-refractivity contribution in [3.63, 3.8) is 0 Å². The van der Waals surface area contributed by atoms with Crippen molar-refractivity contribution in [1.29, 1.82) is 0 Å². The summed E-state index contributed by atoms with van der Waals surface area (Å²) >= 11 is 1.60. The average Bonchev–Trinajstić information content (AvgIpc) is 3.30. The smallest absolute Gasteiger partial charge is 0.236 e. The lowest BCUT2D eigenvalue weighted by molar-refractivity contribution is -0.130. The van der Waals surface area contributed by atoms with Gasteiger partial charge in [-0.2, -0.15) is 0 Å². The topological polar surface area (TPSA) is 74.0 Å². The molecule has 1 aliphatic heterocycles. The molecule has 1 aliphatic rings. The number of halogens is 1. The van der Waals surface area contributed by atoms with Crippen molar-refractivity contribution in [2.75, 3.05) is 32.7 Å². The van der Waals surface area contributed by atoms with E-state index in [2.05, 4.69) is 20.2 Å². The van der Waals surface area contributed by atoms with Crippen molar-refractivity contribution < 1.29 is 9.21 Å². The van der Waals surface area contributed by atoms with E-state index >= 15 is 0 Å². The number of carbonyl (C=O) groups excluding carboxylic acids is 1. The number of nitrogens with zero attached hydrogens (tertiary/aromatic N) is 4. The highest BCUT2D eigenvalue weighted by Crippen LogP contribution is 2.23. The number of aliphatic imine (C=N–C) groups is 1. The molecule has 1 amide bonds. The summed E-state index contributed by atoms with van der Waals surface area (Å²) in [5.74, 6) is 1.62. The van der Waals surface area contributed by atoms with Gasteiger partial charge in [-0.3, -0.25) is 4.79 Å². The zero-order chi connectivity index (χ0) is 17.6. The molecule has 3 rings (SSSR count). The van der Waals surface area contributed by atoms with Crippen molar-refractivity contribution in [3.8, 4) is 10.8 Å². The van der Waals surface area contributed by atoms with Crippen molar-refractivity contribution in [1.82, 2.24) is 20.1 Å². The first-order chi connectivity index (χ1) is 12.2. The van der Waals surface area contributed by atoms with Crippen molar-refractivity contribution >= 4 is 47.2 Å². The van der Waals surface area contributed by atoms with Crippen LogP contribution < -0.4 is 5.32 Å². The van der Waals surface area contributed by atoms with E-state index in [0.717, 1.165) is 49.3 Å². The van der Waals surface area contributed by atoms with Crippen LogP contribution >= 0.6 is 35.3 Å². The standard InChI is InChI=1S/C17H23N5O2S.HI/c1-3-18-17(22-8-6-21(7-9-22)13(2)23)19-11-14-12-24-16(20-14)15-5-4-10-25-15;/h4-5,10,12H,3,6-9,11H2,1-2H3,(H,18,19);1H. The molecule has 1 N–H and O–H groups in total. The van der Waals surface area contributed by atoms with Crippen LogP contribution in [0.5, 0.6) is 0 Å². The summed E-state index contributed by atoms with van der Waals surface area (Å²) in [4.78, 5) is 25.7. The molecule has 142 valence electrons. The number of oxazole rings is 1. The van der Waals surface area contributed by atoms with E-state index in [1.54, 1.807) is 24.5 Å². The summed E-state index contributed by atoms with van der Waals surface area (Å²) in [6.45, 7) is 7.94. The molecule has 0 aromatic carbocycles. The Morgan fingerprint density at radius 2 is 2.08 bits per heavy atom. The van der Waals surface area contributed by atoms with Crippen LogP contribution in [0.15, 0.2) is 33.2 Å². The van der Waals surface area contributed by atoms with Crippen molar-refractivity contribution in [2.45, 2.75) is 20.4 Å². The molecule has 0 saturated carbocycles. The van der Waals surface area contributed by atoms with E-state index in [4.69, 9.17) is 4.42 Å². The number of aromatic nitrogens is 1. The van der Waals surface area contributed by atoms with E-state index in [9.17, 15) is 4.79 Å². The summed E-state index contributed by atoms with van der Waals surface area (Å²) in [6, 6.07) is 3.97. The van der Waals surface area contributed by atoms with E-state index in [1.807, 2.05) is 29.3 Å². The number of hydrogen-bond donors (Lipinski definition) is 1. The third kappa shape index (κ3) is 5.19. The second-order valence-corrected chi connectivity index (χ2v) is 6.73. The zero-order valence-corrected chi connectivity index (χ0v) is 18.1. The molecule has 0 atom stereocenters. The highest BCUT2D eigenvalue weighted by atomic mass is 127. The highest BCUT2D eigenvalue weighted by Gasteiger charge is 2.21. The van der Waals surface area contributed by atoms with Gasteiger partial charge in [0, 0.05) is 39.6 Å². The monoisotopic (exact) mass is 489 g/mol. The van der Waals surface area contributed by atoms with Crippen LogP contribution in [0.3, 0.4) is 0 Å². The van der Waals surface area contributed by atoms with Gasteiger partial charge in [-0.25, -0.2) is 9.98 Å². The number of amides is 1. The fourth-order valence-corrected chi connectivity index (χ4v) is 3.36. The van der Waals surface area contributed by atoms with Gasteiger partial charge in [0.1, 0.15) is 12.0 Å². The van der Waals surface area contributed by atoms with E-state index in [0.29, 0.717) is 12.4 Å². The Balaban J connectivity index is 0.00000243. The number of nitrogens with one attached hydrogen (secondary N) is 1. The molecule has 1 fully saturated rings. The lowest BCUT2D eigenvalue weighted by Crippen LogP contribution is -2.53. The van der Waals surface area contributed by atoms with E-state index in [1.165, 1.54) is 0 Å². The van der Waals surface area contributed by atoms with Crippen LogP contribution in [0, 0.1) is 0 Å². The van der Waals surface area contributed by atoms with Crippen LogP contribution in [-0.4, -0.2) is 59.4 Å². The number of thiophene rings is 1. The van der Waals surface area contributed by atoms with Gasteiger partial charge in [0.2, 0.25) is 11.8 Å². The maximum atomic E-state index is 11.5. The Hall–Kier alpha value is -1.62. The number of carbonyl (C=O) groups is 1. The molecule has 2 aromatic rings. The fraction of sp³-hybridized carbons (Fsp3) is 0.471. The Labute approximate surface area is 174 Å². The minimum absolute atomic E-state index is 0. The van der Waals surface area contributed by atoms with Crippen molar-refractivity contribution in [2.24, 2.45) is 4.99 Å². The van der Waals surface area contributed by atoms with Gasteiger partial charge < -0.3 is 19.5 Å². The fourth-order valence-electron chi connectivity index (χ4n) is 2.71. The Kier molecular flexibility index (Phi) is 7.88. The summed E-state index contributed by atoms with van der Waals surface area (Å²) < 4.78 is 5.54. The summed E-state index contributed by atoms with van der Waals surface area (Å²) in [6.07, 6.45) is 1.66. The summed E-state index contributed by atoms with van der Waals surface area (Å²) in [7, 11) is 0. The van der Waals surface area contributed by atoms with Gasteiger partial charge >= 0.3 is 0 Å². The summed E-state index contributed by atoms with van der Waals surface area (Å²) in [5.41, 5.74) is 0.807. The zero-order valence-electron chi connectivity index (χ0n) is 15.0. The molecule has 26 heavy (non-hydrogen) atoms. The van der Waals surface area contributed by atoms with E-state index in [-0.39, 0.29) is 29.9 Å².